The molecule has 150 valence electrons. The Labute approximate surface area is 166 Å². The number of halogens is 1. The van der Waals surface area contributed by atoms with Crippen molar-refractivity contribution in [2.24, 2.45) is 5.41 Å². The topological polar surface area (TPSA) is 107 Å². The molecule has 0 unspecified atom stereocenters. The highest BCUT2D eigenvalue weighted by Crippen LogP contribution is 2.44. The van der Waals surface area contributed by atoms with Gasteiger partial charge in [-0.2, -0.15) is 0 Å². The molecule has 3 heterocycles. The summed E-state index contributed by atoms with van der Waals surface area (Å²) in [6, 6.07) is 1.17. The fourth-order valence-electron chi connectivity index (χ4n) is 3.76. The van der Waals surface area contributed by atoms with Crippen LogP contribution in [0.4, 0.5) is 0 Å². The molecule has 2 aliphatic rings. The fourth-order valence-corrected chi connectivity index (χ4v) is 4.04. The smallest absolute Gasteiger partial charge is 0.341 e. The van der Waals surface area contributed by atoms with Crippen molar-refractivity contribution in [2.75, 3.05) is 0 Å². The molecule has 0 saturated heterocycles. The van der Waals surface area contributed by atoms with E-state index in [4.69, 9.17) is 16.3 Å². The van der Waals surface area contributed by atoms with Crippen LogP contribution in [-0.4, -0.2) is 42.7 Å². The van der Waals surface area contributed by atoms with Gasteiger partial charge in [0, 0.05) is 25.1 Å². The molecule has 28 heavy (non-hydrogen) atoms. The van der Waals surface area contributed by atoms with Gasteiger partial charge in [0.25, 0.3) is 5.88 Å². The van der Waals surface area contributed by atoms with Gasteiger partial charge in [-0.15, -0.1) is 5.10 Å². The molecule has 9 heteroatoms. The number of aliphatic hydroxyl groups is 1. The first-order chi connectivity index (χ1) is 13.1. The van der Waals surface area contributed by atoms with Gasteiger partial charge in [0.15, 0.2) is 5.43 Å². The fraction of sp³-hybridized carbons (Fsp3) is 0.526. The zero-order valence-electron chi connectivity index (χ0n) is 15.8. The Morgan fingerprint density at radius 1 is 1.36 bits per heavy atom. The number of fused-ring (bicyclic) bond motifs is 3. The molecular weight excluding hydrogens is 386 g/mol. The number of aliphatic hydroxyl groups excluding tert-OH is 1. The molecule has 8 nitrogen and oxygen atoms in total. The van der Waals surface area contributed by atoms with E-state index in [0.717, 1.165) is 0 Å². The van der Waals surface area contributed by atoms with Gasteiger partial charge in [-0.3, -0.25) is 9.48 Å². The summed E-state index contributed by atoms with van der Waals surface area (Å²) >= 11 is 6.55. The number of hydrogen-bond donors (Lipinski definition) is 2. The maximum absolute atomic E-state index is 12.4. The SMILES string of the molecule is CC(C)(C)[C@@H]1Cn2nc(OC3CC(O)C3)c(Cl)c2-c2cc(=O)c(C(=O)O)cn21. The highest BCUT2D eigenvalue weighted by atomic mass is 35.5. The van der Waals surface area contributed by atoms with E-state index in [1.165, 1.54) is 12.3 Å². The van der Waals surface area contributed by atoms with Crippen LogP contribution in [0.1, 0.15) is 50.0 Å². The first-order valence-corrected chi connectivity index (χ1v) is 9.55. The number of carboxylic acids is 1. The monoisotopic (exact) mass is 407 g/mol. The van der Waals surface area contributed by atoms with Crippen molar-refractivity contribution < 1.29 is 19.7 Å². The van der Waals surface area contributed by atoms with Crippen molar-refractivity contribution in [3.05, 3.63) is 33.1 Å². The molecule has 2 aromatic rings. The average molecular weight is 408 g/mol. The molecule has 4 rings (SSSR count). The second-order valence-electron chi connectivity index (χ2n) is 8.55. The Hall–Kier alpha value is -2.32. The van der Waals surface area contributed by atoms with Crippen molar-refractivity contribution >= 4 is 17.6 Å². The zero-order chi connectivity index (χ0) is 20.4. The maximum atomic E-state index is 12.4. The minimum absolute atomic E-state index is 0.136. The summed E-state index contributed by atoms with van der Waals surface area (Å²) in [6.07, 6.45) is 1.95. The molecule has 0 amide bonds. The standard InChI is InChI=1S/C19H22ClN3O5/c1-19(2,3)14-8-23-16(12-6-13(25)11(18(26)27)7-22(12)14)15(20)17(21-23)28-10-4-9(24)5-10/h6-7,9-10,14,24H,4-5,8H2,1-3H3,(H,26,27)/t9?,10?,14-/m0/s1. The van der Waals surface area contributed by atoms with E-state index in [1.54, 1.807) is 4.68 Å². The Kier molecular flexibility index (Phi) is 4.31. The van der Waals surface area contributed by atoms with Crippen molar-refractivity contribution in [1.29, 1.82) is 0 Å². The highest BCUT2D eigenvalue weighted by Gasteiger charge is 2.37. The van der Waals surface area contributed by atoms with E-state index < -0.39 is 11.4 Å². The number of carbonyl (C=O) groups is 1. The average Bonchev–Trinajstić information content (AvgIpc) is 2.87. The summed E-state index contributed by atoms with van der Waals surface area (Å²) in [5.74, 6) is -0.991. The molecule has 1 aliphatic heterocycles. The molecule has 0 spiro atoms. The minimum atomic E-state index is -1.26. The maximum Gasteiger partial charge on any atom is 0.341 e. The number of pyridine rings is 1. The van der Waals surface area contributed by atoms with Crippen LogP contribution in [0.15, 0.2) is 17.1 Å². The highest BCUT2D eigenvalue weighted by molar-refractivity contribution is 6.34. The lowest BCUT2D eigenvalue weighted by Gasteiger charge is -2.38. The van der Waals surface area contributed by atoms with E-state index in [9.17, 15) is 19.8 Å². The number of hydrogen-bond acceptors (Lipinski definition) is 5. The summed E-state index contributed by atoms with van der Waals surface area (Å²) in [4.78, 5) is 23.8. The molecule has 2 N–H and O–H groups in total. The molecule has 2 aromatic heterocycles. The first kappa shape index (κ1) is 19.0. The van der Waals surface area contributed by atoms with Gasteiger partial charge >= 0.3 is 5.97 Å². The molecular formula is C19H22ClN3O5. The van der Waals surface area contributed by atoms with Crippen LogP contribution < -0.4 is 10.2 Å². The predicted octanol–water partition coefficient (Wildman–Crippen LogP) is 2.57. The van der Waals surface area contributed by atoms with E-state index in [-0.39, 0.29) is 40.1 Å². The van der Waals surface area contributed by atoms with Crippen molar-refractivity contribution in [3.8, 4) is 17.3 Å². The summed E-state index contributed by atoms with van der Waals surface area (Å²) in [5, 5.41) is 23.6. The van der Waals surface area contributed by atoms with Gasteiger partial charge in [0.05, 0.1) is 24.4 Å². The molecule has 1 atom stereocenters. The quantitative estimate of drug-likeness (QED) is 0.809. The van der Waals surface area contributed by atoms with Crippen molar-refractivity contribution in [1.82, 2.24) is 14.3 Å². The summed E-state index contributed by atoms with van der Waals surface area (Å²) in [6.45, 7) is 6.60. The van der Waals surface area contributed by atoms with Crippen LogP contribution in [0.3, 0.4) is 0 Å². The van der Waals surface area contributed by atoms with Crippen LogP contribution in [0, 0.1) is 5.41 Å². The normalized spacial score (nSPS) is 23.5. The number of aromatic nitrogens is 3. The summed E-state index contributed by atoms with van der Waals surface area (Å²) in [5.41, 5.74) is -0.0357. The lowest BCUT2D eigenvalue weighted by molar-refractivity contribution is -0.0131. The Balaban J connectivity index is 1.85. The van der Waals surface area contributed by atoms with Gasteiger partial charge in [-0.05, 0) is 5.41 Å². The Morgan fingerprint density at radius 3 is 2.61 bits per heavy atom. The second kappa shape index (κ2) is 6.35. The molecule has 0 radical (unpaired) electrons. The third kappa shape index (κ3) is 3.00. The number of aromatic carboxylic acids is 1. The molecule has 1 fully saturated rings. The first-order valence-electron chi connectivity index (χ1n) is 9.17. The largest absolute Gasteiger partial charge is 0.477 e. The Morgan fingerprint density at radius 2 is 2.04 bits per heavy atom. The molecule has 1 saturated carbocycles. The van der Waals surface area contributed by atoms with Gasteiger partial charge in [-0.1, -0.05) is 32.4 Å². The lowest BCUT2D eigenvalue weighted by Crippen LogP contribution is -2.37. The summed E-state index contributed by atoms with van der Waals surface area (Å²) < 4.78 is 9.36. The van der Waals surface area contributed by atoms with E-state index in [0.29, 0.717) is 30.8 Å². The van der Waals surface area contributed by atoms with Crippen LogP contribution in [0.5, 0.6) is 5.88 Å². The van der Waals surface area contributed by atoms with Crippen molar-refractivity contribution in [3.63, 3.8) is 0 Å². The van der Waals surface area contributed by atoms with Gasteiger partial charge in [0.2, 0.25) is 0 Å². The van der Waals surface area contributed by atoms with Crippen LogP contribution in [-0.2, 0) is 6.54 Å². The third-order valence-corrected chi connectivity index (χ3v) is 5.79. The number of carboxylic acid groups (broad SMARTS) is 1. The lowest BCUT2D eigenvalue weighted by atomic mass is 9.85. The summed E-state index contributed by atoms with van der Waals surface area (Å²) in [7, 11) is 0. The van der Waals surface area contributed by atoms with Crippen LogP contribution >= 0.6 is 11.6 Å². The van der Waals surface area contributed by atoms with Gasteiger partial charge in [0.1, 0.15) is 22.4 Å². The van der Waals surface area contributed by atoms with E-state index >= 15 is 0 Å². The number of ether oxygens (including phenoxy) is 1. The van der Waals surface area contributed by atoms with Crippen LogP contribution in [0.25, 0.3) is 11.4 Å². The Bertz CT molecular complexity index is 1010. The zero-order valence-corrected chi connectivity index (χ0v) is 16.6. The van der Waals surface area contributed by atoms with Gasteiger partial charge < -0.3 is 19.5 Å². The van der Waals surface area contributed by atoms with E-state index in [2.05, 4.69) is 5.10 Å². The van der Waals surface area contributed by atoms with E-state index in [1.807, 2.05) is 25.3 Å². The molecule has 0 aromatic carbocycles. The molecule has 0 bridgehead atoms. The third-order valence-electron chi connectivity index (χ3n) is 5.45. The molecule has 1 aliphatic carbocycles. The van der Waals surface area contributed by atoms with Gasteiger partial charge in [-0.25, -0.2) is 4.79 Å². The second-order valence-corrected chi connectivity index (χ2v) is 8.92. The minimum Gasteiger partial charge on any atom is -0.477 e. The number of nitrogens with zero attached hydrogens (tertiary/aromatic N) is 3. The predicted molar refractivity (Wildman–Crippen MR) is 102 cm³/mol. The van der Waals surface area contributed by atoms with Crippen LogP contribution in [0.2, 0.25) is 5.02 Å². The number of rotatable bonds is 3. The van der Waals surface area contributed by atoms with Crippen molar-refractivity contribution in [2.45, 2.75) is 58.4 Å².